The summed E-state index contributed by atoms with van der Waals surface area (Å²) in [5, 5.41) is 0. The minimum absolute atomic E-state index is 0.403. The number of rotatable bonds is 5. The van der Waals surface area contributed by atoms with Crippen molar-refractivity contribution in [3.05, 3.63) is 28.2 Å². The van der Waals surface area contributed by atoms with Gasteiger partial charge in [0.1, 0.15) is 17.3 Å². The second-order valence-corrected chi connectivity index (χ2v) is 6.05. The molecule has 1 aromatic rings. The lowest BCUT2D eigenvalue weighted by molar-refractivity contribution is 0.183. The Hall–Kier alpha value is -0.650. The Bertz CT molecular complexity index is 447. The third kappa shape index (κ3) is 4.44. The van der Waals surface area contributed by atoms with E-state index in [1.807, 2.05) is 18.2 Å². The molecule has 1 aliphatic rings. The molecule has 1 heterocycles. The van der Waals surface area contributed by atoms with Crippen molar-refractivity contribution in [2.24, 2.45) is 5.73 Å². The number of thiocarbonyl (C=S) groups is 1. The molecule has 1 aliphatic heterocycles. The molecule has 3 nitrogen and oxygen atoms in total. The molecule has 1 saturated heterocycles. The summed E-state index contributed by atoms with van der Waals surface area (Å²) in [7, 11) is 0. The highest BCUT2D eigenvalue weighted by molar-refractivity contribution is 9.10. The van der Waals surface area contributed by atoms with Gasteiger partial charge in [0.05, 0.1) is 4.47 Å². The Balaban J connectivity index is 1.83. The number of ether oxygens (including phenoxy) is 1. The fourth-order valence-electron chi connectivity index (χ4n) is 2.24. The Kier molecular flexibility index (Phi) is 5.60. The van der Waals surface area contributed by atoms with Gasteiger partial charge in [0.15, 0.2) is 0 Å². The molecule has 0 saturated carbocycles. The second kappa shape index (κ2) is 7.22. The lowest BCUT2D eigenvalue weighted by atomic mass is 10.1. The quantitative estimate of drug-likeness (QED) is 0.835. The first kappa shape index (κ1) is 14.8. The molecule has 2 N–H and O–H groups in total. The third-order valence-corrected chi connectivity index (χ3v) is 4.19. The molecule has 0 spiro atoms. The Labute approximate surface area is 128 Å². The molecular weight excluding hydrogens is 324 g/mol. The van der Waals surface area contributed by atoms with Gasteiger partial charge in [-0.1, -0.05) is 18.6 Å². The standard InChI is InChI=1S/C14H19BrN2OS/c15-12-10-11(14(16)19)4-5-13(12)18-9-8-17-6-2-1-3-7-17/h4-5,10H,1-3,6-9H2,(H2,16,19). The average molecular weight is 343 g/mol. The van der Waals surface area contributed by atoms with E-state index < -0.39 is 0 Å². The molecule has 19 heavy (non-hydrogen) atoms. The summed E-state index contributed by atoms with van der Waals surface area (Å²) in [4.78, 5) is 2.86. The first-order valence-corrected chi connectivity index (χ1v) is 7.81. The zero-order valence-electron chi connectivity index (χ0n) is 10.9. The summed E-state index contributed by atoms with van der Waals surface area (Å²) < 4.78 is 6.70. The van der Waals surface area contributed by atoms with Crippen LogP contribution in [0.5, 0.6) is 5.75 Å². The van der Waals surface area contributed by atoms with Crippen LogP contribution in [0.4, 0.5) is 0 Å². The first-order chi connectivity index (χ1) is 9.16. The number of benzene rings is 1. The van der Waals surface area contributed by atoms with E-state index in [9.17, 15) is 0 Å². The Morgan fingerprint density at radius 3 is 2.68 bits per heavy atom. The van der Waals surface area contributed by atoms with Crippen molar-refractivity contribution in [2.45, 2.75) is 19.3 Å². The molecule has 0 unspecified atom stereocenters. The van der Waals surface area contributed by atoms with Gasteiger partial charge in [-0.05, 0) is 60.1 Å². The number of likely N-dealkylation sites (tertiary alicyclic amines) is 1. The molecule has 1 aromatic carbocycles. The number of halogens is 1. The zero-order valence-corrected chi connectivity index (χ0v) is 13.3. The van der Waals surface area contributed by atoms with Gasteiger partial charge in [-0.15, -0.1) is 0 Å². The van der Waals surface area contributed by atoms with Crippen LogP contribution in [-0.2, 0) is 0 Å². The van der Waals surface area contributed by atoms with E-state index in [2.05, 4.69) is 20.8 Å². The van der Waals surface area contributed by atoms with Crippen LogP contribution in [0, 0.1) is 0 Å². The number of hydrogen-bond acceptors (Lipinski definition) is 3. The molecule has 1 fully saturated rings. The lowest BCUT2D eigenvalue weighted by Gasteiger charge is -2.26. The van der Waals surface area contributed by atoms with Crippen LogP contribution in [0.25, 0.3) is 0 Å². The highest BCUT2D eigenvalue weighted by Gasteiger charge is 2.10. The van der Waals surface area contributed by atoms with Crippen molar-refractivity contribution in [3.63, 3.8) is 0 Å². The minimum Gasteiger partial charge on any atom is -0.491 e. The van der Waals surface area contributed by atoms with Gasteiger partial charge in [-0.25, -0.2) is 0 Å². The van der Waals surface area contributed by atoms with E-state index >= 15 is 0 Å². The summed E-state index contributed by atoms with van der Waals surface area (Å²) in [6.45, 7) is 4.10. The van der Waals surface area contributed by atoms with Gasteiger partial charge in [0, 0.05) is 12.1 Å². The highest BCUT2D eigenvalue weighted by atomic mass is 79.9. The van der Waals surface area contributed by atoms with E-state index in [0.29, 0.717) is 11.6 Å². The van der Waals surface area contributed by atoms with E-state index in [-0.39, 0.29) is 0 Å². The van der Waals surface area contributed by atoms with E-state index in [1.54, 1.807) is 0 Å². The number of nitrogens with two attached hydrogens (primary N) is 1. The van der Waals surface area contributed by atoms with Gasteiger partial charge >= 0.3 is 0 Å². The molecule has 0 atom stereocenters. The zero-order chi connectivity index (χ0) is 13.7. The second-order valence-electron chi connectivity index (χ2n) is 4.76. The van der Waals surface area contributed by atoms with Gasteiger partial charge in [-0.3, -0.25) is 4.90 Å². The van der Waals surface area contributed by atoms with Gasteiger partial charge in [0.2, 0.25) is 0 Å². The largest absolute Gasteiger partial charge is 0.491 e. The topological polar surface area (TPSA) is 38.5 Å². The van der Waals surface area contributed by atoms with Gasteiger partial charge < -0.3 is 10.5 Å². The highest BCUT2D eigenvalue weighted by Crippen LogP contribution is 2.26. The maximum Gasteiger partial charge on any atom is 0.133 e. The molecular formula is C14H19BrN2OS. The molecule has 0 bridgehead atoms. The first-order valence-electron chi connectivity index (χ1n) is 6.61. The number of nitrogens with zero attached hydrogens (tertiary/aromatic N) is 1. The third-order valence-electron chi connectivity index (χ3n) is 3.33. The van der Waals surface area contributed by atoms with Crippen LogP contribution in [0.1, 0.15) is 24.8 Å². The van der Waals surface area contributed by atoms with Crippen molar-refractivity contribution in [1.82, 2.24) is 4.90 Å². The van der Waals surface area contributed by atoms with Crippen LogP contribution in [-0.4, -0.2) is 36.1 Å². The van der Waals surface area contributed by atoms with E-state index in [0.717, 1.165) is 22.3 Å². The summed E-state index contributed by atoms with van der Waals surface area (Å²) in [6, 6.07) is 5.71. The predicted octanol–water partition coefficient (Wildman–Crippen LogP) is 2.95. The molecule has 5 heteroatoms. The SMILES string of the molecule is NC(=S)c1ccc(OCCN2CCCCC2)c(Br)c1. The summed E-state index contributed by atoms with van der Waals surface area (Å²) >= 11 is 8.44. The van der Waals surface area contributed by atoms with Crippen molar-refractivity contribution < 1.29 is 4.74 Å². The van der Waals surface area contributed by atoms with Crippen LogP contribution in [0.15, 0.2) is 22.7 Å². The maximum atomic E-state index is 5.80. The molecule has 104 valence electrons. The number of hydrogen-bond donors (Lipinski definition) is 1. The molecule has 0 aliphatic carbocycles. The summed E-state index contributed by atoms with van der Waals surface area (Å²) in [5.41, 5.74) is 6.45. The Morgan fingerprint density at radius 1 is 1.32 bits per heavy atom. The van der Waals surface area contributed by atoms with Crippen molar-refractivity contribution in [3.8, 4) is 5.75 Å². The van der Waals surface area contributed by atoms with Gasteiger partial charge in [0.25, 0.3) is 0 Å². The molecule has 0 amide bonds. The van der Waals surface area contributed by atoms with Crippen LogP contribution in [0.2, 0.25) is 0 Å². The monoisotopic (exact) mass is 342 g/mol. The normalized spacial score (nSPS) is 16.3. The maximum absolute atomic E-state index is 5.80. The fourth-order valence-corrected chi connectivity index (χ4v) is 2.86. The van der Waals surface area contributed by atoms with E-state index in [4.69, 9.17) is 22.7 Å². The molecule has 2 rings (SSSR count). The van der Waals surface area contributed by atoms with Crippen LogP contribution < -0.4 is 10.5 Å². The summed E-state index contributed by atoms with van der Waals surface area (Å²) in [5.74, 6) is 0.844. The fraction of sp³-hybridized carbons (Fsp3) is 0.500. The van der Waals surface area contributed by atoms with Crippen LogP contribution in [0.3, 0.4) is 0 Å². The molecule has 0 aromatic heterocycles. The Morgan fingerprint density at radius 2 is 2.05 bits per heavy atom. The average Bonchev–Trinajstić information content (AvgIpc) is 2.41. The lowest BCUT2D eigenvalue weighted by Crippen LogP contribution is -2.33. The smallest absolute Gasteiger partial charge is 0.133 e. The van der Waals surface area contributed by atoms with Gasteiger partial charge in [-0.2, -0.15) is 0 Å². The van der Waals surface area contributed by atoms with Crippen molar-refractivity contribution >= 4 is 33.1 Å². The number of piperidine rings is 1. The van der Waals surface area contributed by atoms with Crippen molar-refractivity contribution in [2.75, 3.05) is 26.2 Å². The predicted molar refractivity (Wildman–Crippen MR) is 85.8 cm³/mol. The van der Waals surface area contributed by atoms with E-state index in [1.165, 1.54) is 32.4 Å². The summed E-state index contributed by atoms with van der Waals surface area (Å²) in [6.07, 6.45) is 3.99. The molecule has 0 radical (unpaired) electrons. The van der Waals surface area contributed by atoms with Crippen LogP contribution >= 0.6 is 28.1 Å². The minimum atomic E-state index is 0.403. The van der Waals surface area contributed by atoms with Crippen molar-refractivity contribution in [1.29, 1.82) is 0 Å².